The molecule has 1 aromatic heterocycles. The van der Waals surface area contributed by atoms with E-state index in [1.807, 2.05) is 18.2 Å². The van der Waals surface area contributed by atoms with E-state index in [2.05, 4.69) is 10.3 Å². The first-order chi connectivity index (χ1) is 13.4. The van der Waals surface area contributed by atoms with Gasteiger partial charge in [-0.05, 0) is 29.3 Å². The van der Waals surface area contributed by atoms with Gasteiger partial charge in [-0.15, -0.1) is 0 Å². The molecule has 3 N–H and O–H groups in total. The quantitative estimate of drug-likeness (QED) is 0.589. The van der Waals surface area contributed by atoms with Gasteiger partial charge in [0.05, 0.1) is 5.52 Å². The lowest BCUT2D eigenvalue weighted by atomic mass is 10.1. The van der Waals surface area contributed by atoms with Gasteiger partial charge < -0.3 is 20.1 Å². The minimum atomic E-state index is -1.33. The SMILES string of the molecule is CO[C@@H](C(=O)NCc1cc(Cl)cc2cc(C(=O)O)c(=O)[nH]c12)c1ccccc1. The van der Waals surface area contributed by atoms with E-state index in [0.29, 0.717) is 27.1 Å². The van der Waals surface area contributed by atoms with Crippen molar-refractivity contribution >= 4 is 34.4 Å². The van der Waals surface area contributed by atoms with Crippen LogP contribution in [-0.4, -0.2) is 29.1 Å². The van der Waals surface area contributed by atoms with E-state index in [9.17, 15) is 14.4 Å². The van der Waals surface area contributed by atoms with Crippen LogP contribution in [0.25, 0.3) is 10.9 Å². The maximum absolute atomic E-state index is 12.6. The summed E-state index contributed by atoms with van der Waals surface area (Å²) in [5, 5.41) is 12.7. The molecule has 0 unspecified atom stereocenters. The molecule has 0 radical (unpaired) electrons. The minimum Gasteiger partial charge on any atom is -0.477 e. The highest BCUT2D eigenvalue weighted by molar-refractivity contribution is 6.31. The third kappa shape index (κ3) is 4.05. The van der Waals surface area contributed by atoms with Gasteiger partial charge in [0.1, 0.15) is 5.56 Å². The number of hydrogen-bond donors (Lipinski definition) is 3. The third-order valence-corrected chi connectivity index (χ3v) is 4.48. The molecule has 1 atom stereocenters. The van der Waals surface area contributed by atoms with E-state index in [0.717, 1.165) is 0 Å². The summed E-state index contributed by atoms with van der Waals surface area (Å²) < 4.78 is 5.30. The second-order valence-electron chi connectivity index (χ2n) is 6.09. The number of benzene rings is 2. The van der Waals surface area contributed by atoms with Gasteiger partial charge in [-0.1, -0.05) is 41.9 Å². The van der Waals surface area contributed by atoms with Crippen LogP contribution in [0.1, 0.15) is 27.6 Å². The maximum Gasteiger partial charge on any atom is 0.341 e. The Morgan fingerprint density at radius 3 is 2.57 bits per heavy atom. The molecule has 3 rings (SSSR count). The molecule has 0 fully saturated rings. The molecule has 0 aliphatic carbocycles. The monoisotopic (exact) mass is 400 g/mol. The van der Waals surface area contributed by atoms with Crippen LogP contribution in [-0.2, 0) is 16.1 Å². The van der Waals surface area contributed by atoms with E-state index < -0.39 is 17.6 Å². The van der Waals surface area contributed by atoms with Crippen molar-refractivity contribution in [2.75, 3.05) is 7.11 Å². The van der Waals surface area contributed by atoms with Crippen LogP contribution < -0.4 is 10.9 Å². The third-order valence-electron chi connectivity index (χ3n) is 4.26. The normalized spacial score (nSPS) is 11.9. The molecule has 0 bridgehead atoms. The van der Waals surface area contributed by atoms with Crippen molar-refractivity contribution in [3.8, 4) is 0 Å². The molecule has 7 nitrogen and oxygen atoms in total. The van der Waals surface area contributed by atoms with Crippen LogP contribution >= 0.6 is 11.6 Å². The summed E-state index contributed by atoms with van der Waals surface area (Å²) in [7, 11) is 1.44. The number of halogens is 1. The summed E-state index contributed by atoms with van der Waals surface area (Å²) in [6, 6.07) is 13.4. The van der Waals surface area contributed by atoms with E-state index in [1.165, 1.54) is 13.2 Å². The number of ether oxygens (including phenoxy) is 1. The predicted octanol–water partition coefficient (Wildman–Crippen LogP) is 2.88. The number of pyridine rings is 1. The molecule has 2 aromatic carbocycles. The number of carboxylic acids is 1. The molecule has 8 heteroatoms. The Kier molecular flexibility index (Phi) is 5.77. The molecule has 0 saturated heterocycles. The molecule has 0 aliphatic heterocycles. The summed E-state index contributed by atoms with van der Waals surface area (Å²) in [4.78, 5) is 38.3. The Labute approximate surface area is 164 Å². The number of nitrogens with one attached hydrogen (secondary N) is 2. The Morgan fingerprint density at radius 2 is 1.93 bits per heavy atom. The summed E-state index contributed by atoms with van der Waals surface area (Å²) in [6.45, 7) is 0.0744. The molecule has 144 valence electrons. The molecular weight excluding hydrogens is 384 g/mol. The fourth-order valence-electron chi connectivity index (χ4n) is 2.95. The van der Waals surface area contributed by atoms with Crippen LogP contribution in [0.5, 0.6) is 0 Å². The minimum absolute atomic E-state index is 0.0744. The molecule has 0 spiro atoms. The maximum atomic E-state index is 12.6. The fourth-order valence-corrected chi connectivity index (χ4v) is 3.20. The number of aromatic amines is 1. The smallest absolute Gasteiger partial charge is 0.341 e. The van der Waals surface area contributed by atoms with Crippen molar-refractivity contribution < 1.29 is 19.4 Å². The van der Waals surface area contributed by atoms with Crippen molar-refractivity contribution in [1.29, 1.82) is 0 Å². The number of rotatable bonds is 6. The molecule has 0 saturated carbocycles. The van der Waals surface area contributed by atoms with E-state index >= 15 is 0 Å². The Hall–Kier alpha value is -3.16. The number of H-pyrrole nitrogens is 1. The predicted molar refractivity (Wildman–Crippen MR) is 105 cm³/mol. The van der Waals surface area contributed by atoms with Crippen molar-refractivity contribution in [3.63, 3.8) is 0 Å². The average molecular weight is 401 g/mol. The van der Waals surface area contributed by atoms with Gasteiger partial charge in [0.25, 0.3) is 11.5 Å². The van der Waals surface area contributed by atoms with Gasteiger partial charge in [0.15, 0.2) is 6.10 Å². The summed E-state index contributed by atoms with van der Waals surface area (Å²) in [5.41, 5.74) is 0.557. The van der Waals surface area contributed by atoms with Crippen molar-refractivity contribution in [2.45, 2.75) is 12.6 Å². The average Bonchev–Trinajstić information content (AvgIpc) is 2.67. The lowest BCUT2D eigenvalue weighted by Crippen LogP contribution is -2.30. The summed E-state index contributed by atoms with van der Waals surface area (Å²) >= 11 is 6.12. The summed E-state index contributed by atoms with van der Waals surface area (Å²) in [5.74, 6) is -1.69. The van der Waals surface area contributed by atoms with Crippen LogP contribution in [0.2, 0.25) is 5.02 Å². The summed E-state index contributed by atoms with van der Waals surface area (Å²) in [6.07, 6.45) is -0.788. The molecule has 1 heterocycles. The number of amides is 1. The number of aromatic carboxylic acids is 1. The standard InChI is InChI=1S/C20H17ClN2O5/c1-28-17(11-5-3-2-4-6-11)19(25)22-10-13-8-14(21)7-12-9-15(20(26)27)18(24)23-16(12)13/h2-9,17H,10H2,1H3,(H,22,25)(H,23,24)(H,26,27)/t17-/m1/s1. The zero-order valence-electron chi connectivity index (χ0n) is 14.9. The number of hydrogen-bond acceptors (Lipinski definition) is 4. The highest BCUT2D eigenvalue weighted by atomic mass is 35.5. The topological polar surface area (TPSA) is 108 Å². The van der Waals surface area contributed by atoms with Crippen molar-refractivity contribution in [3.05, 3.63) is 80.6 Å². The van der Waals surface area contributed by atoms with E-state index in [-0.39, 0.29) is 18.0 Å². The van der Waals surface area contributed by atoms with Crippen LogP contribution in [0.4, 0.5) is 0 Å². The zero-order chi connectivity index (χ0) is 20.3. The number of aromatic nitrogens is 1. The second-order valence-corrected chi connectivity index (χ2v) is 6.53. The number of methoxy groups -OCH3 is 1. The van der Waals surface area contributed by atoms with Crippen LogP contribution in [0.3, 0.4) is 0 Å². The first kappa shape index (κ1) is 19.6. The van der Waals surface area contributed by atoms with Gasteiger partial charge >= 0.3 is 5.97 Å². The van der Waals surface area contributed by atoms with E-state index in [1.54, 1.807) is 24.3 Å². The van der Waals surface area contributed by atoms with Crippen LogP contribution in [0, 0.1) is 0 Å². The second kappa shape index (κ2) is 8.24. The molecule has 3 aromatic rings. The number of carboxylic acid groups (broad SMARTS) is 1. The van der Waals surface area contributed by atoms with Crippen molar-refractivity contribution in [2.24, 2.45) is 0 Å². The Balaban J connectivity index is 1.90. The molecule has 0 aliphatic rings. The first-order valence-electron chi connectivity index (χ1n) is 8.35. The number of carbonyl (C=O) groups excluding carboxylic acids is 1. The lowest BCUT2D eigenvalue weighted by Gasteiger charge is -2.16. The Bertz CT molecular complexity index is 1090. The first-order valence-corrected chi connectivity index (χ1v) is 8.72. The van der Waals surface area contributed by atoms with Gasteiger partial charge in [-0.25, -0.2) is 4.79 Å². The van der Waals surface area contributed by atoms with Gasteiger partial charge in [0, 0.05) is 24.1 Å². The fraction of sp³-hybridized carbons (Fsp3) is 0.150. The number of fused-ring (bicyclic) bond motifs is 1. The Morgan fingerprint density at radius 1 is 1.21 bits per heavy atom. The largest absolute Gasteiger partial charge is 0.477 e. The molecule has 28 heavy (non-hydrogen) atoms. The lowest BCUT2D eigenvalue weighted by molar-refractivity contribution is -0.131. The zero-order valence-corrected chi connectivity index (χ0v) is 15.6. The van der Waals surface area contributed by atoms with Gasteiger partial charge in [-0.3, -0.25) is 9.59 Å². The molecular formula is C20H17ClN2O5. The van der Waals surface area contributed by atoms with E-state index in [4.69, 9.17) is 21.4 Å². The number of carbonyl (C=O) groups is 2. The van der Waals surface area contributed by atoms with Gasteiger partial charge in [-0.2, -0.15) is 0 Å². The van der Waals surface area contributed by atoms with Gasteiger partial charge in [0.2, 0.25) is 0 Å². The highest BCUT2D eigenvalue weighted by Crippen LogP contribution is 2.23. The van der Waals surface area contributed by atoms with Crippen LogP contribution in [0.15, 0.2) is 53.3 Å². The molecule has 1 amide bonds. The van der Waals surface area contributed by atoms with Crippen molar-refractivity contribution in [1.82, 2.24) is 10.3 Å². The highest BCUT2D eigenvalue weighted by Gasteiger charge is 2.20.